The van der Waals surface area contributed by atoms with Gasteiger partial charge in [-0.25, -0.2) is 8.42 Å². The molecule has 0 unspecified atom stereocenters. The summed E-state index contributed by atoms with van der Waals surface area (Å²) >= 11 is 0. The number of sulfonamides is 1. The minimum Gasteiger partial charge on any atom is -0.337 e. The van der Waals surface area contributed by atoms with Gasteiger partial charge in [-0.3, -0.25) is 9.48 Å². The van der Waals surface area contributed by atoms with Crippen molar-refractivity contribution >= 4 is 15.9 Å². The van der Waals surface area contributed by atoms with E-state index in [2.05, 4.69) is 5.10 Å². The van der Waals surface area contributed by atoms with Gasteiger partial charge in [0.1, 0.15) is 0 Å². The molecule has 2 fully saturated rings. The topological polar surface area (TPSA) is 75.5 Å². The Hall–Kier alpha value is -2.19. The molecule has 1 saturated heterocycles. The molecule has 27 heavy (non-hydrogen) atoms. The van der Waals surface area contributed by atoms with Crippen LogP contribution in [-0.4, -0.2) is 64.7 Å². The van der Waals surface area contributed by atoms with Crippen molar-refractivity contribution in [2.45, 2.75) is 31.1 Å². The standard InChI is InChI=1S/C19H24N4O3S/c24-19(18-6-2-1-5-16(18)15-22-11-3-9-20-22)21-10-4-12-23(14-13-21)27(25,26)17-7-8-17/h1-3,5-6,9,11,17H,4,7-8,10,12-15H2. The minimum absolute atomic E-state index is 0.0385. The lowest BCUT2D eigenvalue weighted by Gasteiger charge is -2.23. The molecule has 0 bridgehead atoms. The van der Waals surface area contributed by atoms with Crippen LogP contribution in [0, 0.1) is 0 Å². The van der Waals surface area contributed by atoms with Crippen molar-refractivity contribution in [3.8, 4) is 0 Å². The monoisotopic (exact) mass is 388 g/mol. The highest BCUT2D eigenvalue weighted by Gasteiger charge is 2.40. The molecule has 8 heteroatoms. The summed E-state index contributed by atoms with van der Waals surface area (Å²) in [7, 11) is -3.18. The Bertz CT molecular complexity index is 907. The number of rotatable bonds is 5. The molecular formula is C19H24N4O3S. The first-order valence-electron chi connectivity index (χ1n) is 9.39. The molecule has 0 atom stereocenters. The van der Waals surface area contributed by atoms with Crippen molar-refractivity contribution in [2.24, 2.45) is 0 Å². The summed E-state index contributed by atoms with van der Waals surface area (Å²) in [6.07, 6.45) is 5.78. The van der Waals surface area contributed by atoms with Gasteiger partial charge >= 0.3 is 0 Å². The minimum atomic E-state index is -3.18. The maximum Gasteiger partial charge on any atom is 0.254 e. The van der Waals surface area contributed by atoms with E-state index in [0.717, 1.165) is 18.4 Å². The zero-order valence-corrected chi connectivity index (χ0v) is 16.0. The molecule has 1 saturated carbocycles. The normalized spacial score (nSPS) is 19.0. The molecule has 1 aliphatic carbocycles. The molecule has 2 heterocycles. The molecule has 0 N–H and O–H groups in total. The molecule has 4 rings (SSSR count). The molecule has 7 nitrogen and oxygen atoms in total. The van der Waals surface area contributed by atoms with E-state index in [9.17, 15) is 13.2 Å². The Morgan fingerprint density at radius 3 is 2.63 bits per heavy atom. The van der Waals surface area contributed by atoms with E-state index in [1.807, 2.05) is 36.5 Å². The van der Waals surface area contributed by atoms with Crippen molar-refractivity contribution in [2.75, 3.05) is 26.2 Å². The van der Waals surface area contributed by atoms with E-state index in [-0.39, 0.29) is 11.2 Å². The molecule has 0 spiro atoms. The van der Waals surface area contributed by atoms with E-state index >= 15 is 0 Å². The van der Waals surface area contributed by atoms with Gasteiger partial charge in [-0.05, 0) is 37.0 Å². The number of nitrogens with zero attached hydrogens (tertiary/aromatic N) is 4. The first-order chi connectivity index (χ1) is 13.1. The van der Waals surface area contributed by atoms with Gasteiger partial charge in [0.05, 0.1) is 11.8 Å². The Balaban J connectivity index is 1.48. The quantitative estimate of drug-likeness (QED) is 0.779. The summed E-state index contributed by atoms with van der Waals surface area (Å²) in [5.74, 6) is -0.0385. The Labute approximate surface area is 159 Å². The number of aromatic nitrogens is 2. The predicted molar refractivity (Wildman–Crippen MR) is 102 cm³/mol. The second-order valence-electron chi connectivity index (χ2n) is 7.15. The summed E-state index contributed by atoms with van der Waals surface area (Å²) < 4.78 is 28.4. The third kappa shape index (κ3) is 3.91. The molecule has 144 valence electrons. The zero-order valence-electron chi connectivity index (χ0n) is 15.2. The number of carbonyl (C=O) groups excluding carboxylic acids is 1. The fourth-order valence-electron chi connectivity index (χ4n) is 3.53. The Morgan fingerprint density at radius 1 is 1.07 bits per heavy atom. The summed E-state index contributed by atoms with van der Waals surface area (Å²) in [5, 5.41) is 4.02. The van der Waals surface area contributed by atoms with Crippen LogP contribution >= 0.6 is 0 Å². The number of benzene rings is 1. The second-order valence-corrected chi connectivity index (χ2v) is 9.36. The maximum absolute atomic E-state index is 13.1. The third-order valence-electron chi connectivity index (χ3n) is 5.19. The average molecular weight is 388 g/mol. The van der Waals surface area contributed by atoms with Crippen LogP contribution in [0.2, 0.25) is 0 Å². The number of carbonyl (C=O) groups is 1. The largest absolute Gasteiger partial charge is 0.337 e. The lowest BCUT2D eigenvalue weighted by Crippen LogP contribution is -2.38. The maximum atomic E-state index is 13.1. The van der Waals surface area contributed by atoms with Crippen LogP contribution in [0.4, 0.5) is 0 Å². The second kappa shape index (κ2) is 7.44. The SMILES string of the molecule is O=C(c1ccccc1Cn1cccn1)N1CCCN(S(=O)(=O)C2CC2)CC1. The average Bonchev–Trinajstić information content (AvgIpc) is 3.45. The van der Waals surface area contributed by atoms with E-state index < -0.39 is 10.0 Å². The van der Waals surface area contributed by atoms with Gasteiger partial charge in [-0.15, -0.1) is 0 Å². The summed E-state index contributed by atoms with van der Waals surface area (Å²) in [6, 6.07) is 9.42. The molecule has 2 aliphatic rings. The van der Waals surface area contributed by atoms with Crippen LogP contribution in [-0.2, 0) is 16.6 Å². The van der Waals surface area contributed by atoms with Crippen LogP contribution < -0.4 is 0 Å². The van der Waals surface area contributed by atoms with Crippen LogP contribution in [0.15, 0.2) is 42.7 Å². The highest BCUT2D eigenvalue weighted by atomic mass is 32.2. The van der Waals surface area contributed by atoms with E-state index in [0.29, 0.717) is 44.7 Å². The summed E-state index contributed by atoms with van der Waals surface area (Å²) in [4.78, 5) is 14.9. The summed E-state index contributed by atoms with van der Waals surface area (Å²) in [5.41, 5.74) is 1.57. The lowest BCUT2D eigenvalue weighted by atomic mass is 10.1. The summed E-state index contributed by atoms with van der Waals surface area (Å²) in [6.45, 7) is 2.42. The first-order valence-corrected chi connectivity index (χ1v) is 10.9. The number of hydrogen-bond donors (Lipinski definition) is 0. The molecule has 0 radical (unpaired) electrons. The van der Waals surface area contributed by atoms with Crippen LogP contribution in [0.25, 0.3) is 0 Å². The van der Waals surface area contributed by atoms with E-state index in [1.165, 1.54) is 0 Å². The molecular weight excluding hydrogens is 364 g/mol. The van der Waals surface area contributed by atoms with E-state index in [4.69, 9.17) is 0 Å². The van der Waals surface area contributed by atoms with Crippen molar-refractivity contribution in [1.29, 1.82) is 0 Å². The Kier molecular flexibility index (Phi) is 5.01. The molecule has 1 amide bonds. The fourth-order valence-corrected chi connectivity index (χ4v) is 5.41. The van der Waals surface area contributed by atoms with Crippen molar-refractivity contribution in [3.63, 3.8) is 0 Å². The van der Waals surface area contributed by atoms with Crippen molar-refractivity contribution in [3.05, 3.63) is 53.9 Å². The van der Waals surface area contributed by atoms with Gasteiger partial charge in [-0.1, -0.05) is 18.2 Å². The predicted octanol–water partition coefficient (Wildman–Crippen LogP) is 1.57. The lowest BCUT2D eigenvalue weighted by molar-refractivity contribution is 0.0763. The first kappa shape index (κ1) is 18.2. The van der Waals surface area contributed by atoms with Crippen molar-refractivity contribution < 1.29 is 13.2 Å². The van der Waals surface area contributed by atoms with Gasteiger partial charge in [0.25, 0.3) is 5.91 Å². The van der Waals surface area contributed by atoms with Crippen LogP contribution in [0.1, 0.15) is 35.2 Å². The number of hydrogen-bond acceptors (Lipinski definition) is 4. The Morgan fingerprint density at radius 2 is 1.89 bits per heavy atom. The van der Waals surface area contributed by atoms with Gasteiger partial charge in [0.15, 0.2) is 0 Å². The van der Waals surface area contributed by atoms with Crippen LogP contribution in [0.3, 0.4) is 0 Å². The van der Waals surface area contributed by atoms with Crippen molar-refractivity contribution in [1.82, 2.24) is 19.0 Å². The fraction of sp³-hybridized carbons (Fsp3) is 0.474. The van der Waals surface area contributed by atoms with Gasteiger partial charge < -0.3 is 4.90 Å². The highest BCUT2D eigenvalue weighted by Crippen LogP contribution is 2.31. The van der Waals surface area contributed by atoms with Gasteiger partial charge in [-0.2, -0.15) is 9.40 Å². The molecule has 1 aliphatic heterocycles. The highest BCUT2D eigenvalue weighted by molar-refractivity contribution is 7.90. The van der Waals surface area contributed by atoms with Gasteiger partial charge in [0, 0.05) is 44.1 Å². The van der Waals surface area contributed by atoms with Gasteiger partial charge in [0.2, 0.25) is 10.0 Å². The smallest absolute Gasteiger partial charge is 0.254 e. The zero-order chi connectivity index (χ0) is 18.9. The molecule has 1 aromatic heterocycles. The van der Waals surface area contributed by atoms with E-state index in [1.54, 1.807) is 20.1 Å². The third-order valence-corrected chi connectivity index (χ3v) is 7.59. The van der Waals surface area contributed by atoms with Crippen LogP contribution in [0.5, 0.6) is 0 Å². The number of amides is 1. The molecule has 1 aromatic carbocycles. The molecule has 2 aromatic rings.